The van der Waals surface area contributed by atoms with E-state index >= 15 is 0 Å². The minimum absolute atomic E-state index is 0.0214. The molecule has 7 nitrogen and oxygen atoms in total. The third-order valence-electron chi connectivity index (χ3n) is 3.15. The van der Waals surface area contributed by atoms with Gasteiger partial charge < -0.3 is 15.7 Å². The van der Waals surface area contributed by atoms with Gasteiger partial charge in [0.2, 0.25) is 0 Å². The number of nitrogens with two attached hydrogens (primary N) is 1. The second-order valence-corrected chi connectivity index (χ2v) is 5.71. The molecule has 1 aliphatic heterocycles. The normalized spacial score (nSPS) is 18.0. The fourth-order valence-corrected chi connectivity index (χ4v) is 2.81. The molecule has 2 rings (SSSR count). The minimum atomic E-state index is -0.842. The summed E-state index contributed by atoms with van der Waals surface area (Å²) in [6.45, 7) is 4.05. The summed E-state index contributed by atoms with van der Waals surface area (Å²) in [5.41, 5.74) is 6.16. The molecule has 0 radical (unpaired) electrons. The van der Waals surface area contributed by atoms with Gasteiger partial charge in [-0.25, -0.2) is 4.98 Å². The van der Waals surface area contributed by atoms with Crippen molar-refractivity contribution in [2.75, 3.05) is 32.7 Å². The average Bonchev–Trinajstić information content (AvgIpc) is 2.88. The highest BCUT2D eigenvalue weighted by molar-refractivity contribution is 7.09. The highest BCUT2D eigenvalue weighted by Crippen LogP contribution is 2.17. The largest absolute Gasteiger partial charge is 0.480 e. The molecule has 0 aliphatic carbocycles. The molecule has 1 aromatic rings. The maximum absolute atomic E-state index is 12.3. The quantitative estimate of drug-likeness (QED) is 0.812. The van der Waals surface area contributed by atoms with Crippen LogP contribution in [0.15, 0.2) is 5.38 Å². The number of aliphatic carboxylic acids is 1. The molecule has 1 amide bonds. The van der Waals surface area contributed by atoms with Gasteiger partial charge in [-0.2, -0.15) is 0 Å². The first-order valence-electron chi connectivity index (χ1n) is 6.42. The van der Waals surface area contributed by atoms with Crippen molar-refractivity contribution in [1.82, 2.24) is 14.8 Å². The van der Waals surface area contributed by atoms with E-state index in [0.29, 0.717) is 31.9 Å². The molecule has 8 heteroatoms. The van der Waals surface area contributed by atoms with Crippen LogP contribution in [0.1, 0.15) is 28.5 Å². The zero-order valence-corrected chi connectivity index (χ0v) is 12.1. The fraction of sp³-hybridized carbons (Fsp3) is 0.583. The molecule has 1 aromatic heterocycles. The molecule has 1 aliphatic rings. The van der Waals surface area contributed by atoms with Crippen molar-refractivity contribution < 1.29 is 14.7 Å². The Morgan fingerprint density at radius 3 is 2.60 bits per heavy atom. The summed E-state index contributed by atoms with van der Waals surface area (Å²) >= 11 is 1.39. The summed E-state index contributed by atoms with van der Waals surface area (Å²) in [4.78, 5) is 30.7. The van der Waals surface area contributed by atoms with E-state index in [0.717, 1.165) is 5.01 Å². The van der Waals surface area contributed by atoms with Crippen LogP contribution in [0.25, 0.3) is 0 Å². The highest BCUT2D eigenvalue weighted by Gasteiger charge is 2.24. The van der Waals surface area contributed by atoms with Crippen LogP contribution in [0.5, 0.6) is 0 Å². The van der Waals surface area contributed by atoms with Crippen LogP contribution < -0.4 is 5.73 Å². The number of amides is 1. The van der Waals surface area contributed by atoms with Crippen molar-refractivity contribution in [3.63, 3.8) is 0 Å². The molecule has 0 bridgehead atoms. The zero-order valence-electron chi connectivity index (χ0n) is 11.3. The van der Waals surface area contributed by atoms with Crippen molar-refractivity contribution in [2.45, 2.75) is 13.0 Å². The molecule has 0 saturated carbocycles. The van der Waals surface area contributed by atoms with E-state index in [1.54, 1.807) is 10.3 Å². The first-order valence-corrected chi connectivity index (χ1v) is 7.29. The second kappa shape index (κ2) is 6.29. The summed E-state index contributed by atoms with van der Waals surface area (Å²) in [5.74, 6) is -0.950. The van der Waals surface area contributed by atoms with Gasteiger partial charge in [0.15, 0.2) is 0 Å². The molecule has 0 spiro atoms. The molecule has 3 N–H and O–H groups in total. The molecule has 2 heterocycles. The van der Waals surface area contributed by atoms with Crippen molar-refractivity contribution in [3.05, 3.63) is 16.1 Å². The van der Waals surface area contributed by atoms with Crippen LogP contribution >= 0.6 is 11.3 Å². The Labute approximate surface area is 121 Å². The van der Waals surface area contributed by atoms with Gasteiger partial charge in [-0.1, -0.05) is 0 Å². The average molecular weight is 298 g/mol. The van der Waals surface area contributed by atoms with Crippen LogP contribution in [0.2, 0.25) is 0 Å². The van der Waals surface area contributed by atoms with E-state index in [9.17, 15) is 9.59 Å². The summed E-state index contributed by atoms with van der Waals surface area (Å²) in [5, 5.41) is 11.2. The molecule has 110 valence electrons. The number of hydrogen-bond acceptors (Lipinski definition) is 6. The molecular weight excluding hydrogens is 280 g/mol. The molecule has 1 unspecified atom stereocenters. The Balaban J connectivity index is 1.92. The van der Waals surface area contributed by atoms with Gasteiger partial charge in [0, 0.05) is 31.6 Å². The van der Waals surface area contributed by atoms with E-state index in [-0.39, 0.29) is 18.5 Å². The predicted molar refractivity (Wildman–Crippen MR) is 74.7 cm³/mol. The van der Waals surface area contributed by atoms with Gasteiger partial charge in [-0.05, 0) is 6.92 Å². The van der Waals surface area contributed by atoms with Gasteiger partial charge in [0.1, 0.15) is 10.7 Å². The Bertz CT molecular complexity index is 495. The van der Waals surface area contributed by atoms with E-state index in [4.69, 9.17) is 10.8 Å². The van der Waals surface area contributed by atoms with Gasteiger partial charge in [0.25, 0.3) is 5.91 Å². The maximum Gasteiger partial charge on any atom is 0.317 e. The van der Waals surface area contributed by atoms with E-state index in [2.05, 4.69) is 4.98 Å². The summed E-state index contributed by atoms with van der Waals surface area (Å²) in [7, 11) is 0. The van der Waals surface area contributed by atoms with Gasteiger partial charge in [-0.15, -0.1) is 11.3 Å². The van der Waals surface area contributed by atoms with Crippen molar-refractivity contribution >= 4 is 23.2 Å². The van der Waals surface area contributed by atoms with Gasteiger partial charge in [-0.3, -0.25) is 14.5 Å². The monoisotopic (exact) mass is 298 g/mol. The number of nitrogens with zero attached hydrogens (tertiary/aromatic N) is 3. The topological polar surface area (TPSA) is 99.8 Å². The lowest BCUT2D eigenvalue weighted by molar-refractivity contribution is -0.138. The summed E-state index contributed by atoms with van der Waals surface area (Å²) in [6.07, 6.45) is 0. The number of carbonyl (C=O) groups is 2. The Morgan fingerprint density at radius 2 is 2.10 bits per heavy atom. The van der Waals surface area contributed by atoms with E-state index in [1.165, 1.54) is 11.3 Å². The molecule has 20 heavy (non-hydrogen) atoms. The van der Waals surface area contributed by atoms with E-state index in [1.807, 2.05) is 11.8 Å². The number of aromatic nitrogens is 1. The number of carbonyl (C=O) groups excluding carboxylic acids is 1. The molecular formula is C12H18N4O3S. The lowest BCUT2D eigenvalue weighted by Gasteiger charge is -2.33. The maximum atomic E-state index is 12.3. The SMILES string of the molecule is CC(N)c1nc(C(=O)N2CCN(CC(=O)O)CC2)cs1. The van der Waals surface area contributed by atoms with Crippen molar-refractivity contribution in [1.29, 1.82) is 0 Å². The molecule has 1 fully saturated rings. The van der Waals surface area contributed by atoms with Crippen LogP contribution in [0.3, 0.4) is 0 Å². The van der Waals surface area contributed by atoms with Gasteiger partial charge in [0.05, 0.1) is 12.6 Å². The fourth-order valence-electron chi connectivity index (χ4n) is 2.06. The third-order valence-corrected chi connectivity index (χ3v) is 4.19. The lowest BCUT2D eigenvalue weighted by atomic mass is 10.3. The Morgan fingerprint density at radius 1 is 1.45 bits per heavy atom. The lowest BCUT2D eigenvalue weighted by Crippen LogP contribution is -2.50. The number of piperazine rings is 1. The smallest absolute Gasteiger partial charge is 0.317 e. The number of carboxylic acid groups (broad SMARTS) is 1. The molecule has 1 saturated heterocycles. The number of carboxylic acids is 1. The van der Waals surface area contributed by atoms with Crippen LogP contribution in [-0.2, 0) is 4.79 Å². The Kier molecular flexibility index (Phi) is 4.69. The second-order valence-electron chi connectivity index (χ2n) is 4.82. The van der Waals surface area contributed by atoms with Crippen molar-refractivity contribution in [3.8, 4) is 0 Å². The first kappa shape index (κ1) is 14.9. The predicted octanol–water partition coefficient (Wildman–Crippen LogP) is 0.00520. The van der Waals surface area contributed by atoms with E-state index < -0.39 is 5.97 Å². The standard InChI is InChI=1S/C12H18N4O3S/c1-8(13)11-14-9(7-20-11)12(19)16-4-2-15(3-5-16)6-10(17)18/h7-8H,2-6,13H2,1H3,(H,17,18). The summed E-state index contributed by atoms with van der Waals surface area (Å²) < 4.78 is 0. The van der Waals surface area contributed by atoms with Crippen LogP contribution in [-0.4, -0.2) is 64.5 Å². The molecule has 0 aromatic carbocycles. The molecule has 1 atom stereocenters. The van der Waals surface area contributed by atoms with Gasteiger partial charge >= 0.3 is 5.97 Å². The van der Waals surface area contributed by atoms with Crippen LogP contribution in [0, 0.1) is 0 Å². The summed E-state index contributed by atoms with van der Waals surface area (Å²) in [6, 6.07) is -0.172. The number of rotatable bonds is 4. The third kappa shape index (κ3) is 3.53. The minimum Gasteiger partial charge on any atom is -0.480 e. The highest BCUT2D eigenvalue weighted by atomic mass is 32.1. The number of hydrogen-bond donors (Lipinski definition) is 2. The number of thiazole rings is 1. The van der Waals surface area contributed by atoms with Crippen molar-refractivity contribution in [2.24, 2.45) is 5.73 Å². The zero-order chi connectivity index (χ0) is 14.7. The Hall–Kier alpha value is -1.51. The van der Waals surface area contributed by atoms with Crippen LogP contribution in [0.4, 0.5) is 0 Å². The first-order chi connectivity index (χ1) is 9.47.